The van der Waals surface area contributed by atoms with Crippen molar-refractivity contribution in [2.24, 2.45) is 0 Å². The molecule has 3 N–H and O–H groups in total. The molecule has 2 heterocycles. The maximum atomic E-state index is 10.8. The second kappa shape index (κ2) is 2.40. The lowest BCUT2D eigenvalue weighted by Crippen LogP contribution is -2.54. The maximum Gasteiger partial charge on any atom is 0.340 e. The van der Waals surface area contributed by atoms with Crippen molar-refractivity contribution in [2.75, 3.05) is 0 Å². The zero-order chi connectivity index (χ0) is 8.88. The highest BCUT2D eigenvalue weighted by Crippen LogP contribution is 2.28. The summed E-state index contributed by atoms with van der Waals surface area (Å²) >= 11 is 0. The average molecular weight is 176 g/mol. The van der Waals surface area contributed by atoms with E-state index in [1.165, 1.54) is 0 Å². The molecule has 0 radical (unpaired) electrons. The number of aliphatic hydroxyl groups excluding tert-OH is 3. The van der Waals surface area contributed by atoms with Crippen molar-refractivity contribution < 1.29 is 29.6 Å². The molecule has 2 aliphatic heterocycles. The van der Waals surface area contributed by atoms with Crippen LogP contribution in [0.25, 0.3) is 0 Å². The van der Waals surface area contributed by atoms with Gasteiger partial charge in [-0.3, -0.25) is 0 Å². The second-order valence-corrected chi connectivity index (χ2v) is 2.83. The number of rotatable bonds is 0. The van der Waals surface area contributed by atoms with E-state index in [1.807, 2.05) is 0 Å². The van der Waals surface area contributed by atoms with Gasteiger partial charge in [0.05, 0.1) is 0 Å². The average Bonchev–Trinajstić information content (AvgIpc) is 2.39. The summed E-state index contributed by atoms with van der Waals surface area (Å²) in [6, 6.07) is 0. The lowest BCUT2D eigenvalue weighted by molar-refractivity contribution is -0.228. The topological polar surface area (TPSA) is 96.2 Å². The van der Waals surface area contributed by atoms with Gasteiger partial charge in [0.2, 0.25) is 6.29 Å². The van der Waals surface area contributed by atoms with E-state index in [0.29, 0.717) is 0 Å². The number of carbonyl (C=O) groups excluding carboxylic acids is 1. The minimum absolute atomic E-state index is 0.747. The standard InChI is InChI=1S/C6H8O6/c7-1-2(8)4-5(10)12-6(11-4)3(1)9/h1-4,6-9H/t1-,2-,3+,4-,6-/m0/s1. The minimum atomic E-state index is -1.41. The number of ether oxygens (including phenoxy) is 2. The largest absolute Gasteiger partial charge is 0.431 e. The molecule has 5 atom stereocenters. The highest BCUT2D eigenvalue weighted by Gasteiger charge is 2.54. The van der Waals surface area contributed by atoms with Crippen molar-refractivity contribution >= 4 is 5.97 Å². The molecule has 0 unspecified atom stereocenters. The molecule has 12 heavy (non-hydrogen) atoms. The molecule has 2 fully saturated rings. The molecule has 0 aromatic carbocycles. The van der Waals surface area contributed by atoms with Crippen molar-refractivity contribution in [2.45, 2.75) is 30.7 Å². The van der Waals surface area contributed by atoms with Gasteiger partial charge in [-0.1, -0.05) is 0 Å². The predicted octanol–water partition coefficient (Wildman–Crippen LogP) is -2.65. The first-order valence-electron chi connectivity index (χ1n) is 3.51. The molecule has 0 spiro atoms. The summed E-state index contributed by atoms with van der Waals surface area (Å²) in [5.41, 5.74) is 0. The van der Waals surface area contributed by atoms with Crippen LogP contribution >= 0.6 is 0 Å². The minimum Gasteiger partial charge on any atom is -0.431 e. The van der Waals surface area contributed by atoms with Gasteiger partial charge in [-0.2, -0.15) is 0 Å². The van der Waals surface area contributed by atoms with Gasteiger partial charge < -0.3 is 24.8 Å². The Hall–Kier alpha value is -0.690. The Morgan fingerprint density at radius 1 is 1.08 bits per heavy atom. The van der Waals surface area contributed by atoms with Gasteiger partial charge in [-0.25, -0.2) is 4.79 Å². The fourth-order valence-electron chi connectivity index (χ4n) is 1.32. The van der Waals surface area contributed by atoms with Gasteiger partial charge in [0, 0.05) is 0 Å². The molecular formula is C6H8O6. The summed E-state index contributed by atoms with van der Waals surface area (Å²) in [6.45, 7) is 0. The zero-order valence-corrected chi connectivity index (χ0v) is 5.95. The van der Waals surface area contributed by atoms with E-state index in [-0.39, 0.29) is 0 Å². The van der Waals surface area contributed by atoms with Crippen LogP contribution < -0.4 is 0 Å². The summed E-state index contributed by atoms with van der Waals surface area (Å²) in [4.78, 5) is 10.8. The highest BCUT2D eigenvalue weighted by molar-refractivity contribution is 5.77. The van der Waals surface area contributed by atoms with Crippen LogP contribution in [0.5, 0.6) is 0 Å². The number of esters is 1. The molecule has 6 nitrogen and oxygen atoms in total. The van der Waals surface area contributed by atoms with Gasteiger partial charge in [0.1, 0.15) is 18.3 Å². The van der Waals surface area contributed by atoms with Crippen molar-refractivity contribution in [1.29, 1.82) is 0 Å². The van der Waals surface area contributed by atoms with Crippen LogP contribution in [-0.2, 0) is 14.3 Å². The Balaban J connectivity index is 2.25. The van der Waals surface area contributed by atoms with E-state index in [1.54, 1.807) is 0 Å². The number of aliphatic hydroxyl groups is 3. The Morgan fingerprint density at radius 3 is 2.42 bits per heavy atom. The smallest absolute Gasteiger partial charge is 0.340 e. The molecule has 68 valence electrons. The van der Waals surface area contributed by atoms with E-state index >= 15 is 0 Å². The molecule has 0 saturated carbocycles. The fourth-order valence-corrected chi connectivity index (χ4v) is 1.32. The molecule has 2 saturated heterocycles. The van der Waals surface area contributed by atoms with Gasteiger partial charge in [0.25, 0.3) is 0 Å². The normalized spacial score (nSPS) is 52.2. The Bertz CT molecular complexity index is 214. The van der Waals surface area contributed by atoms with Crippen molar-refractivity contribution in [3.63, 3.8) is 0 Å². The molecule has 0 aromatic rings. The van der Waals surface area contributed by atoms with Gasteiger partial charge in [0.15, 0.2) is 6.10 Å². The molecule has 2 rings (SSSR count). The Kier molecular flexibility index (Phi) is 1.58. The van der Waals surface area contributed by atoms with Crippen molar-refractivity contribution in [1.82, 2.24) is 0 Å². The Labute approximate surface area is 67.3 Å². The van der Waals surface area contributed by atoms with Crippen molar-refractivity contribution in [3.8, 4) is 0 Å². The fraction of sp³-hybridized carbons (Fsp3) is 0.833. The Morgan fingerprint density at radius 2 is 1.75 bits per heavy atom. The third kappa shape index (κ3) is 0.862. The molecule has 2 bridgehead atoms. The first-order chi connectivity index (χ1) is 5.61. The number of fused-ring (bicyclic) bond motifs is 2. The van der Waals surface area contributed by atoms with E-state index in [9.17, 15) is 4.79 Å². The molecule has 0 amide bonds. The van der Waals surface area contributed by atoms with Crippen LogP contribution in [0.4, 0.5) is 0 Å². The van der Waals surface area contributed by atoms with E-state index in [0.717, 1.165) is 0 Å². The third-order valence-corrected chi connectivity index (χ3v) is 2.03. The van der Waals surface area contributed by atoms with E-state index in [4.69, 9.17) is 20.1 Å². The maximum absolute atomic E-state index is 10.8. The lowest BCUT2D eigenvalue weighted by atomic mass is 10.0. The molecule has 6 heteroatoms. The van der Waals surface area contributed by atoms with E-state index < -0.39 is 36.7 Å². The number of carbonyl (C=O) groups is 1. The second-order valence-electron chi connectivity index (χ2n) is 2.83. The van der Waals surface area contributed by atoms with Gasteiger partial charge in [-0.15, -0.1) is 0 Å². The summed E-state index contributed by atoms with van der Waals surface area (Å²) in [6.07, 6.45) is -6.47. The van der Waals surface area contributed by atoms with Crippen LogP contribution in [0.15, 0.2) is 0 Å². The zero-order valence-electron chi connectivity index (χ0n) is 5.95. The SMILES string of the molecule is O=C1O[C@@H]2O[C@H]1[C@@H](O)[C@H](O)[C@H]2O. The molecule has 0 aliphatic carbocycles. The first kappa shape index (κ1) is 7.93. The van der Waals surface area contributed by atoms with E-state index in [2.05, 4.69) is 4.74 Å². The number of hydrogen-bond acceptors (Lipinski definition) is 6. The molecule has 0 aromatic heterocycles. The highest BCUT2D eigenvalue weighted by atomic mass is 16.8. The third-order valence-electron chi connectivity index (χ3n) is 2.03. The van der Waals surface area contributed by atoms with Gasteiger partial charge in [-0.05, 0) is 0 Å². The van der Waals surface area contributed by atoms with Crippen molar-refractivity contribution in [3.05, 3.63) is 0 Å². The first-order valence-corrected chi connectivity index (χ1v) is 3.51. The summed E-state index contributed by atoms with van der Waals surface area (Å²) in [5, 5.41) is 27.4. The monoisotopic (exact) mass is 176 g/mol. The van der Waals surface area contributed by atoms with Crippen LogP contribution in [0, 0.1) is 0 Å². The van der Waals surface area contributed by atoms with Crippen LogP contribution in [-0.4, -0.2) is 52.0 Å². The predicted molar refractivity (Wildman–Crippen MR) is 32.8 cm³/mol. The summed E-state index contributed by atoms with van der Waals surface area (Å²) < 4.78 is 9.28. The molecule has 2 aliphatic rings. The van der Waals surface area contributed by atoms with Crippen LogP contribution in [0.1, 0.15) is 0 Å². The van der Waals surface area contributed by atoms with Crippen LogP contribution in [0.3, 0.4) is 0 Å². The van der Waals surface area contributed by atoms with Crippen LogP contribution in [0.2, 0.25) is 0 Å². The lowest BCUT2D eigenvalue weighted by Gasteiger charge is -2.30. The van der Waals surface area contributed by atoms with Gasteiger partial charge >= 0.3 is 5.97 Å². The summed E-state index contributed by atoms with van der Waals surface area (Å²) in [7, 11) is 0. The quantitative estimate of drug-likeness (QED) is 0.349. The molecular weight excluding hydrogens is 168 g/mol. The number of hydrogen-bond donors (Lipinski definition) is 3. The summed E-state index contributed by atoms with van der Waals surface area (Å²) in [5.74, 6) is -0.747.